The van der Waals surface area contributed by atoms with Gasteiger partial charge in [0.05, 0.1) is 45.1 Å². The van der Waals surface area contributed by atoms with Crippen LogP contribution in [0.3, 0.4) is 0 Å². The summed E-state index contributed by atoms with van der Waals surface area (Å²) < 4.78 is 10.9. The first kappa shape index (κ1) is 51.7. The smallest absolute Gasteiger partial charge is 0.407 e. The van der Waals surface area contributed by atoms with Gasteiger partial charge in [-0.2, -0.15) is 0 Å². The Hall–Kier alpha value is -6.66. The van der Waals surface area contributed by atoms with Gasteiger partial charge < -0.3 is 46.3 Å². The van der Waals surface area contributed by atoms with Gasteiger partial charge in [0.1, 0.15) is 19.3 Å². The van der Waals surface area contributed by atoms with Crippen LogP contribution in [0.25, 0.3) is 0 Å². The highest BCUT2D eigenvalue weighted by Crippen LogP contribution is 2.18. The van der Waals surface area contributed by atoms with Crippen LogP contribution in [0.2, 0.25) is 0 Å². The number of urea groups is 1. The van der Waals surface area contributed by atoms with Gasteiger partial charge in [-0.3, -0.25) is 14.8 Å². The number of hydrogen-bond donors (Lipinski definition) is 7. The Morgan fingerprint density at radius 3 is 1.26 bits per heavy atom. The van der Waals surface area contributed by atoms with E-state index in [-0.39, 0.29) is 38.4 Å². The molecule has 6 aromatic rings. The first-order chi connectivity index (χ1) is 33.5. The highest BCUT2D eigenvalue weighted by Gasteiger charge is 2.32. The fraction of sp³-hybridized carbons (Fsp3) is 0.346. The lowest BCUT2D eigenvalue weighted by atomic mass is 9.93. The molecule has 6 rings (SSSR count). The minimum Gasteiger partial charge on any atom is -0.444 e. The summed E-state index contributed by atoms with van der Waals surface area (Å²) in [7, 11) is 0. The zero-order valence-corrected chi connectivity index (χ0v) is 40.3. The Morgan fingerprint density at radius 1 is 0.522 bits per heavy atom. The second-order valence-electron chi connectivity index (χ2n) is 17.2. The van der Waals surface area contributed by atoms with Crippen LogP contribution < -0.4 is 26.6 Å². The molecule has 0 unspecified atom stereocenters. The molecule has 15 nitrogen and oxygen atoms in total. The summed E-state index contributed by atoms with van der Waals surface area (Å²) in [5, 5.41) is 38.5. The fourth-order valence-electron chi connectivity index (χ4n) is 7.88. The molecule has 7 N–H and O–H groups in total. The highest BCUT2D eigenvalue weighted by molar-refractivity contribution is 7.09. The van der Waals surface area contributed by atoms with Crippen molar-refractivity contribution in [3.8, 4) is 0 Å². The number of alkyl carbamates (subject to hydrolysis) is 2. The Morgan fingerprint density at radius 2 is 0.899 bits per heavy atom. The number of carbonyl (C=O) groups excluding carboxylic acids is 4. The SMILES string of the molecule is CC(C)[C@H](NC(=O)N[C@@H](Cc1ccccc1)C[C@H](O)[C@H](Cc1ccccc1)NC(=O)OCc1cncs1)C(=O)N[C@@H](Cc1ccccc1)C[C@H](O)[C@H](Cc1ccccc1)NC(=O)OCc1cncs1. The summed E-state index contributed by atoms with van der Waals surface area (Å²) in [5.41, 5.74) is 6.88. The number of nitrogens with one attached hydrogen (secondary N) is 5. The Balaban J connectivity index is 1.15. The summed E-state index contributed by atoms with van der Waals surface area (Å²) >= 11 is 2.72. The minimum atomic E-state index is -1.13. The lowest BCUT2D eigenvalue weighted by molar-refractivity contribution is -0.124. The molecule has 69 heavy (non-hydrogen) atoms. The molecule has 0 fully saturated rings. The molecule has 0 spiro atoms. The van der Waals surface area contributed by atoms with E-state index in [0.29, 0.717) is 19.3 Å². The van der Waals surface area contributed by atoms with Crippen molar-refractivity contribution >= 4 is 46.8 Å². The summed E-state index contributed by atoms with van der Waals surface area (Å²) in [6.07, 6.45) is 0.942. The quantitative estimate of drug-likeness (QED) is 0.0308. The fourth-order valence-corrected chi connectivity index (χ4v) is 8.89. The van der Waals surface area contributed by atoms with Crippen LogP contribution in [-0.4, -0.2) is 86.7 Å². The zero-order valence-electron chi connectivity index (χ0n) is 38.7. The number of hydrogen-bond acceptors (Lipinski definition) is 12. The number of aliphatic hydroxyl groups excluding tert-OH is 2. The second kappa shape index (κ2) is 27.4. The van der Waals surface area contributed by atoms with Crippen LogP contribution in [-0.2, 0) is 53.2 Å². The summed E-state index contributed by atoms with van der Waals surface area (Å²) in [5.74, 6) is -0.833. The number of amides is 5. The van der Waals surface area contributed by atoms with Gasteiger partial charge >= 0.3 is 18.2 Å². The Kier molecular flexibility index (Phi) is 20.5. The molecule has 0 aliphatic rings. The van der Waals surface area contributed by atoms with E-state index in [1.807, 2.05) is 135 Å². The lowest BCUT2D eigenvalue weighted by Gasteiger charge is -2.31. The van der Waals surface area contributed by atoms with Crippen LogP contribution in [0.15, 0.2) is 145 Å². The van der Waals surface area contributed by atoms with Gasteiger partial charge in [0.15, 0.2) is 0 Å². The van der Waals surface area contributed by atoms with Crippen molar-refractivity contribution in [3.05, 3.63) is 177 Å². The van der Waals surface area contributed by atoms with E-state index in [9.17, 15) is 29.4 Å². The molecule has 7 atom stereocenters. The van der Waals surface area contributed by atoms with Gasteiger partial charge in [-0.1, -0.05) is 135 Å². The molecule has 0 aliphatic carbocycles. The van der Waals surface area contributed by atoms with Crippen molar-refractivity contribution in [2.24, 2.45) is 5.92 Å². The molecule has 0 saturated carbocycles. The zero-order chi connectivity index (χ0) is 48.8. The maximum absolute atomic E-state index is 14.4. The number of aromatic nitrogens is 2. The van der Waals surface area contributed by atoms with Gasteiger partial charge in [0.2, 0.25) is 5.91 Å². The van der Waals surface area contributed by atoms with E-state index in [0.717, 1.165) is 32.0 Å². The maximum atomic E-state index is 14.4. The number of rotatable bonds is 25. The monoisotopic (exact) mass is 975 g/mol. The van der Waals surface area contributed by atoms with Gasteiger partial charge in [-0.05, 0) is 66.7 Å². The highest BCUT2D eigenvalue weighted by atomic mass is 32.1. The molecule has 0 saturated heterocycles. The number of aliphatic hydroxyl groups is 2. The van der Waals surface area contributed by atoms with E-state index < -0.39 is 66.5 Å². The number of thiazole rings is 2. The van der Waals surface area contributed by atoms with Crippen LogP contribution in [0.5, 0.6) is 0 Å². The molecule has 2 aromatic heterocycles. The van der Waals surface area contributed by atoms with E-state index in [2.05, 4.69) is 36.6 Å². The van der Waals surface area contributed by atoms with E-state index >= 15 is 0 Å². The standard InChI is InChI=1S/C52H61N7O8S2/c1-35(2)48(49(62)55-40(23-36-15-7-3-8-16-36)27-46(60)44(25-38-19-11-5-12-20-38)57-51(64)66-31-42-29-53-33-68-42)59-50(63)56-41(24-37-17-9-4-10-18-37)28-47(61)45(26-39-21-13-6-14-22-39)58-52(65)67-32-43-30-54-34-69-43/h3-22,29-30,33-35,40-41,44-48,60-61H,23-28,31-32H2,1-2H3,(H,55,62)(H,57,64)(H,58,65)(H2,56,59,63)/t40-,41-,44-,45-,46-,47-,48-/m0/s1. The van der Waals surface area contributed by atoms with E-state index in [1.165, 1.54) is 22.7 Å². The summed E-state index contributed by atoms with van der Waals surface area (Å²) in [6.45, 7) is 3.70. The topological polar surface area (TPSA) is 213 Å². The van der Waals surface area contributed by atoms with Gasteiger partial charge in [-0.25, -0.2) is 14.4 Å². The Bertz CT molecular complexity index is 2420. The van der Waals surface area contributed by atoms with Gasteiger partial charge in [0, 0.05) is 24.5 Å². The van der Waals surface area contributed by atoms with Crippen molar-refractivity contribution in [2.45, 2.75) is 108 Å². The number of nitrogens with zero attached hydrogens (tertiary/aromatic N) is 2. The molecule has 2 heterocycles. The predicted octanol–water partition coefficient (Wildman–Crippen LogP) is 7.14. The summed E-state index contributed by atoms with van der Waals surface area (Å²) in [4.78, 5) is 64.2. The molecular formula is C52H61N7O8S2. The predicted molar refractivity (Wildman–Crippen MR) is 266 cm³/mol. The summed E-state index contributed by atoms with van der Waals surface area (Å²) in [6, 6.07) is 33.5. The molecule has 364 valence electrons. The first-order valence-corrected chi connectivity index (χ1v) is 24.7. The number of ether oxygens (including phenoxy) is 2. The lowest BCUT2D eigenvalue weighted by Crippen LogP contribution is -2.57. The van der Waals surface area contributed by atoms with Gasteiger partial charge in [-0.15, -0.1) is 22.7 Å². The molecular weight excluding hydrogens is 915 g/mol. The molecule has 5 amide bonds. The largest absolute Gasteiger partial charge is 0.444 e. The second-order valence-corrected chi connectivity index (χ2v) is 19.1. The van der Waals surface area contributed by atoms with Crippen LogP contribution in [0, 0.1) is 5.92 Å². The van der Waals surface area contributed by atoms with E-state index in [4.69, 9.17) is 9.47 Å². The van der Waals surface area contributed by atoms with Crippen molar-refractivity contribution in [3.63, 3.8) is 0 Å². The van der Waals surface area contributed by atoms with Crippen LogP contribution >= 0.6 is 22.7 Å². The average molecular weight is 976 g/mol. The number of carbonyl (C=O) groups is 4. The molecule has 17 heteroatoms. The first-order valence-electron chi connectivity index (χ1n) is 23.0. The van der Waals surface area contributed by atoms with Crippen molar-refractivity contribution in [1.82, 2.24) is 36.6 Å². The van der Waals surface area contributed by atoms with Crippen molar-refractivity contribution in [1.29, 1.82) is 0 Å². The number of benzene rings is 4. The molecule has 0 radical (unpaired) electrons. The maximum Gasteiger partial charge on any atom is 0.407 e. The normalized spacial score (nSPS) is 14.2. The Labute approximate surface area is 411 Å². The molecule has 0 aliphatic heterocycles. The third kappa shape index (κ3) is 18.1. The average Bonchev–Trinajstić information content (AvgIpc) is 4.08. The van der Waals surface area contributed by atoms with E-state index in [1.54, 1.807) is 23.4 Å². The van der Waals surface area contributed by atoms with Crippen molar-refractivity contribution < 1.29 is 38.9 Å². The minimum absolute atomic E-state index is 0.0264. The van der Waals surface area contributed by atoms with Crippen LogP contribution in [0.1, 0.15) is 58.7 Å². The molecule has 4 aromatic carbocycles. The van der Waals surface area contributed by atoms with Gasteiger partial charge in [0.25, 0.3) is 0 Å². The van der Waals surface area contributed by atoms with Crippen molar-refractivity contribution in [2.75, 3.05) is 0 Å². The third-order valence-electron chi connectivity index (χ3n) is 11.4. The third-order valence-corrected chi connectivity index (χ3v) is 12.9. The molecule has 0 bridgehead atoms. The van der Waals surface area contributed by atoms with Crippen LogP contribution in [0.4, 0.5) is 14.4 Å².